The van der Waals surface area contributed by atoms with Crippen molar-refractivity contribution in [3.05, 3.63) is 150 Å². The van der Waals surface area contributed by atoms with Crippen LogP contribution in [0.25, 0.3) is 38.6 Å². The van der Waals surface area contributed by atoms with Gasteiger partial charge in [0.05, 0.1) is 11.0 Å². The predicted molar refractivity (Wildman–Crippen MR) is 171 cm³/mol. The Kier molecular flexibility index (Phi) is 5.29. The summed E-state index contributed by atoms with van der Waals surface area (Å²) in [6, 6.07) is 44.3. The number of benzene rings is 5. The molecule has 3 heteroatoms. The molecule has 200 valence electrons. The van der Waals surface area contributed by atoms with Crippen LogP contribution in [0.15, 0.2) is 127 Å². The summed E-state index contributed by atoms with van der Waals surface area (Å²) >= 11 is 0. The molecule has 6 aromatic rings. The summed E-state index contributed by atoms with van der Waals surface area (Å²) in [7, 11) is 2.24. The molecule has 2 aliphatic rings. The number of rotatable bonds is 3. The minimum atomic E-state index is -0.0341. The molecule has 0 bridgehead atoms. The Morgan fingerprint density at radius 3 is 2.12 bits per heavy atom. The van der Waals surface area contributed by atoms with E-state index in [1.54, 1.807) is 0 Å². The summed E-state index contributed by atoms with van der Waals surface area (Å²) in [5.41, 5.74) is 11.6. The van der Waals surface area contributed by atoms with Gasteiger partial charge in [0.15, 0.2) is 0 Å². The first-order valence-corrected chi connectivity index (χ1v) is 14.5. The molecule has 0 amide bonds. The van der Waals surface area contributed by atoms with Crippen LogP contribution in [0.5, 0.6) is 0 Å². The van der Waals surface area contributed by atoms with E-state index in [0.717, 1.165) is 5.70 Å². The van der Waals surface area contributed by atoms with Gasteiger partial charge in [-0.2, -0.15) is 0 Å². The molecule has 3 nitrogen and oxygen atoms in total. The molecule has 5 aromatic carbocycles. The number of hydrogen-bond acceptors (Lipinski definition) is 2. The van der Waals surface area contributed by atoms with Gasteiger partial charge in [0.25, 0.3) is 0 Å². The highest BCUT2D eigenvalue weighted by molar-refractivity contribution is 6.10. The van der Waals surface area contributed by atoms with E-state index in [-0.39, 0.29) is 17.7 Å². The minimum absolute atomic E-state index is 0.00164. The topological polar surface area (TPSA) is 20.2 Å². The van der Waals surface area contributed by atoms with Crippen LogP contribution in [-0.2, 0) is 5.41 Å². The second-order valence-electron chi connectivity index (χ2n) is 12.0. The Balaban J connectivity index is 1.41. The quantitative estimate of drug-likeness (QED) is 0.246. The third kappa shape index (κ3) is 3.55. The molecule has 1 aromatic heterocycles. The van der Waals surface area contributed by atoms with Crippen molar-refractivity contribution < 1.29 is 0 Å². The van der Waals surface area contributed by atoms with E-state index in [1.807, 2.05) is 0 Å². The molecule has 41 heavy (non-hydrogen) atoms. The molecule has 2 unspecified atom stereocenters. The van der Waals surface area contributed by atoms with Crippen molar-refractivity contribution in [1.29, 1.82) is 0 Å². The number of fused-ring (bicyclic) bond motifs is 6. The standard InChI is InChI=1S/C38H33N3/c1-38(2)31-20-12-10-18-27(31)29-23-35-30(22-32(29)38)28-19-11-13-21-34(28)41(35)36-24-33(25-14-6-4-7-15-25)39-37(40(36)3)26-16-8-5-9-17-26/h4-24,36-37,39H,1-3H3. The lowest BCUT2D eigenvalue weighted by Gasteiger charge is -2.41. The van der Waals surface area contributed by atoms with Crippen molar-refractivity contribution in [2.24, 2.45) is 0 Å². The van der Waals surface area contributed by atoms with Crippen molar-refractivity contribution >= 4 is 27.5 Å². The highest BCUT2D eigenvalue weighted by Gasteiger charge is 2.37. The minimum Gasteiger partial charge on any atom is -0.365 e. The van der Waals surface area contributed by atoms with E-state index in [2.05, 4.69) is 163 Å². The van der Waals surface area contributed by atoms with E-state index in [9.17, 15) is 0 Å². The average Bonchev–Trinajstić information content (AvgIpc) is 3.46. The summed E-state index contributed by atoms with van der Waals surface area (Å²) in [5.74, 6) is 0. The van der Waals surface area contributed by atoms with E-state index < -0.39 is 0 Å². The lowest BCUT2D eigenvalue weighted by atomic mass is 9.82. The second kappa shape index (κ2) is 8.95. The molecule has 0 radical (unpaired) electrons. The average molecular weight is 532 g/mol. The maximum atomic E-state index is 3.86. The van der Waals surface area contributed by atoms with Crippen LogP contribution in [0, 0.1) is 0 Å². The first-order chi connectivity index (χ1) is 20.0. The fourth-order valence-corrected chi connectivity index (χ4v) is 7.20. The number of hydrogen-bond donors (Lipinski definition) is 1. The van der Waals surface area contributed by atoms with Crippen LogP contribution in [0.3, 0.4) is 0 Å². The summed E-state index contributed by atoms with van der Waals surface area (Å²) < 4.78 is 2.55. The summed E-state index contributed by atoms with van der Waals surface area (Å²) in [5, 5.41) is 6.48. The summed E-state index contributed by atoms with van der Waals surface area (Å²) in [6.45, 7) is 4.73. The maximum absolute atomic E-state index is 3.86. The fraction of sp³-hybridized carbons (Fsp3) is 0.158. The zero-order valence-corrected chi connectivity index (χ0v) is 23.7. The van der Waals surface area contributed by atoms with Gasteiger partial charge in [-0.3, -0.25) is 4.90 Å². The van der Waals surface area contributed by atoms with Crippen molar-refractivity contribution in [3.63, 3.8) is 0 Å². The Morgan fingerprint density at radius 2 is 1.32 bits per heavy atom. The molecule has 0 saturated carbocycles. The highest BCUT2D eigenvalue weighted by Crippen LogP contribution is 2.51. The van der Waals surface area contributed by atoms with Gasteiger partial charge in [0.2, 0.25) is 0 Å². The smallest absolute Gasteiger partial charge is 0.110 e. The molecule has 2 atom stereocenters. The van der Waals surface area contributed by atoms with Gasteiger partial charge in [-0.25, -0.2) is 0 Å². The SMILES string of the molecule is CN1C(c2ccccc2)NC(c2ccccc2)=CC1n1c2ccccc2c2cc3c(cc21)-c1ccccc1C3(C)C. The molecular weight excluding hydrogens is 498 g/mol. The third-order valence-corrected chi connectivity index (χ3v) is 9.31. The van der Waals surface area contributed by atoms with Crippen LogP contribution in [0.2, 0.25) is 0 Å². The number of para-hydroxylation sites is 1. The van der Waals surface area contributed by atoms with Gasteiger partial charge in [0.1, 0.15) is 12.3 Å². The van der Waals surface area contributed by atoms with Gasteiger partial charge in [0, 0.05) is 21.9 Å². The zero-order valence-electron chi connectivity index (χ0n) is 23.7. The molecule has 1 N–H and O–H groups in total. The predicted octanol–water partition coefficient (Wildman–Crippen LogP) is 8.87. The Bertz CT molecular complexity index is 1960. The lowest BCUT2D eigenvalue weighted by molar-refractivity contribution is 0.137. The van der Waals surface area contributed by atoms with Crippen LogP contribution < -0.4 is 5.32 Å². The van der Waals surface area contributed by atoms with E-state index >= 15 is 0 Å². The number of likely N-dealkylation sites (N-methyl/N-ethyl adjacent to an activating group) is 1. The van der Waals surface area contributed by atoms with Gasteiger partial charge in [-0.15, -0.1) is 0 Å². The van der Waals surface area contributed by atoms with Gasteiger partial charge >= 0.3 is 0 Å². The Hall–Kier alpha value is -4.60. The molecule has 0 fully saturated rings. The van der Waals surface area contributed by atoms with Gasteiger partial charge in [-0.05, 0) is 64.7 Å². The Labute approximate surface area is 241 Å². The summed E-state index contributed by atoms with van der Waals surface area (Å²) in [6.07, 6.45) is 2.42. The third-order valence-electron chi connectivity index (χ3n) is 9.31. The largest absolute Gasteiger partial charge is 0.365 e. The normalized spacial score (nSPS) is 19.5. The Morgan fingerprint density at radius 1 is 0.634 bits per heavy atom. The van der Waals surface area contributed by atoms with E-state index in [0.29, 0.717) is 0 Å². The molecule has 1 aliphatic heterocycles. The second-order valence-corrected chi connectivity index (χ2v) is 12.0. The molecular formula is C38H33N3. The monoisotopic (exact) mass is 531 g/mol. The van der Waals surface area contributed by atoms with Crippen LogP contribution in [0.1, 0.15) is 48.4 Å². The van der Waals surface area contributed by atoms with Crippen molar-refractivity contribution in [2.75, 3.05) is 7.05 Å². The van der Waals surface area contributed by atoms with Crippen LogP contribution in [0.4, 0.5) is 0 Å². The molecule has 0 saturated heterocycles. The first kappa shape index (κ1) is 24.2. The lowest BCUT2D eigenvalue weighted by Crippen LogP contribution is -2.43. The highest BCUT2D eigenvalue weighted by atomic mass is 15.4. The van der Waals surface area contributed by atoms with Crippen molar-refractivity contribution in [3.8, 4) is 11.1 Å². The maximum Gasteiger partial charge on any atom is 0.110 e. The van der Waals surface area contributed by atoms with E-state index in [4.69, 9.17) is 0 Å². The summed E-state index contributed by atoms with van der Waals surface area (Å²) in [4.78, 5) is 2.46. The van der Waals surface area contributed by atoms with Crippen molar-refractivity contribution in [2.45, 2.75) is 31.6 Å². The van der Waals surface area contributed by atoms with Gasteiger partial charge in [-0.1, -0.05) is 117 Å². The number of nitrogens with one attached hydrogen (secondary N) is 1. The molecule has 1 aliphatic carbocycles. The fourth-order valence-electron chi connectivity index (χ4n) is 7.20. The molecule has 0 spiro atoms. The first-order valence-electron chi connectivity index (χ1n) is 14.5. The van der Waals surface area contributed by atoms with E-state index in [1.165, 1.54) is 55.2 Å². The number of aromatic nitrogens is 1. The van der Waals surface area contributed by atoms with Crippen LogP contribution in [-0.4, -0.2) is 16.5 Å². The van der Waals surface area contributed by atoms with Crippen LogP contribution >= 0.6 is 0 Å². The molecule has 8 rings (SSSR count). The van der Waals surface area contributed by atoms with Crippen molar-refractivity contribution in [1.82, 2.24) is 14.8 Å². The molecule has 2 heterocycles. The number of nitrogens with zero attached hydrogens (tertiary/aromatic N) is 2. The van der Waals surface area contributed by atoms with Gasteiger partial charge < -0.3 is 9.88 Å². The zero-order chi connectivity index (χ0) is 27.7.